The SMILES string of the molecule is CCCc1ccc(C(=O)CN2CCC(CCC)CC2)cc1. The van der Waals surface area contributed by atoms with Crippen LogP contribution in [0.5, 0.6) is 0 Å². The minimum absolute atomic E-state index is 0.270. The molecule has 1 aliphatic rings. The molecule has 2 rings (SSSR count). The highest BCUT2D eigenvalue weighted by Crippen LogP contribution is 2.21. The van der Waals surface area contributed by atoms with Gasteiger partial charge in [0.15, 0.2) is 5.78 Å². The van der Waals surface area contributed by atoms with E-state index in [0.717, 1.165) is 37.4 Å². The van der Waals surface area contributed by atoms with Crippen molar-refractivity contribution in [3.63, 3.8) is 0 Å². The highest BCUT2D eigenvalue weighted by atomic mass is 16.1. The quantitative estimate of drug-likeness (QED) is 0.696. The molecule has 1 fully saturated rings. The molecule has 0 bridgehead atoms. The summed E-state index contributed by atoms with van der Waals surface area (Å²) in [6.45, 7) is 7.21. The fourth-order valence-electron chi connectivity index (χ4n) is 3.28. The van der Waals surface area contributed by atoms with Crippen molar-refractivity contribution in [1.82, 2.24) is 4.90 Å². The van der Waals surface area contributed by atoms with Gasteiger partial charge in [-0.3, -0.25) is 9.69 Å². The molecule has 116 valence electrons. The Labute approximate surface area is 129 Å². The molecule has 1 saturated heterocycles. The molecule has 1 aliphatic heterocycles. The third kappa shape index (κ3) is 4.96. The Morgan fingerprint density at radius 3 is 2.33 bits per heavy atom. The normalized spacial score (nSPS) is 17.0. The van der Waals surface area contributed by atoms with Crippen molar-refractivity contribution < 1.29 is 4.79 Å². The number of hydrogen-bond donors (Lipinski definition) is 0. The highest BCUT2D eigenvalue weighted by Gasteiger charge is 2.20. The van der Waals surface area contributed by atoms with Crippen molar-refractivity contribution >= 4 is 5.78 Å². The van der Waals surface area contributed by atoms with Crippen LogP contribution in [0.3, 0.4) is 0 Å². The molecule has 0 saturated carbocycles. The van der Waals surface area contributed by atoms with Crippen LogP contribution >= 0.6 is 0 Å². The van der Waals surface area contributed by atoms with Gasteiger partial charge in [0, 0.05) is 5.56 Å². The molecule has 0 amide bonds. The summed E-state index contributed by atoms with van der Waals surface area (Å²) in [6, 6.07) is 8.20. The van der Waals surface area contributed by atoms with Crippen LogP contribution < -0.4 is 0 Å². The van der Waals surface area contributed by atoms with Crippen LogP contribution in [0.2, 0.25) is 0 Å². The zero-order valence-electron chi connectivity index (χ0n) is 13.6. The first-order valence-electron chi connectivity index (χ1n) is 8.57. The predicted octanol–water partition coefficient (Wildman–Crippen LogP) is 4.33. The molecule has 0 aliphatic carbocycles. The zero-order chi connectivity index (χ0) is 15.1. The monoisotopic (exact) mass is 287 g/mol. The number of rotatable bonds is 7. The van der Waals surface area contributed by atoms with E-state index in [1.807, 2.05) is 12.1 Å². The molecule has 0 unspecified atom stereocenters. The molecule has 21 heavy (non-hydrogen) atoms. The maximum absolute atomic E-state index is 12.3. The van der Waals surface area contributed by atoms with Gasteiger partial charge in [0.2, 0.25) is 0 Å². The topological polar surface area (TPSA) is 20.3 Å². The van der Waals surface area contributed by atoms with Gasteiger partial charge in [-0.05, 0) is 43.8 Å². The molecule has 1 aromatic carbocycles. The molecule has 0 atom stereocenters. The smallest absolute Gasteiger partial charge is 0.176 e. The summed E-state index contributed by atoms with van der Waals surface area (Å²) in [5.41, 5.74) is 2.19. The largest absolute Gasteiger partial charge is 0.296 e. The van der Waals surface area contributed by atoms with Gasteiger partial charge in [-0.1, -0.05) is 57.4 Å². The average molecular weight is 287 g/mol. The van der Waals surface area contributed by atoms with Gasteiger partial charge in [-0.15, -0.1) is 0 Å². The van der Waals surface area contributed by atoms with Gasteiger partial charge in [0.25, 0.3) is 0 Å². The Balaban J connectivity index is 1.81. The average Bonchev–Trinajstić information content (AvgIpc) is 2.50. The Bertz CT molecular complexity index is 429. The zero-order valence-corrected chi connectivity index (χ0v) is 13.6. The number of hydrogen-bond acceptors (Lipinski definition) is 2. The summed E-state index contributed by atoms with van der Waals surface area (Å²) >= 11 is 0. The number of nitrogens with zero attached hydrogens (tertiary/aromatic N) is 1. The minimum atomic E-state index is 0.270. The summed E-state index contributed by atoms with van der Waals surface area (Å²) in [7, 11) is 0. The minimum Gasteiger partial charge on any atom is -0.296 e. The van der Waals surface area contributed by atoms with Gasteiger partial charge >= 0.3 is 0 Å². The second-order valence-corrected chi connectivity index (χ2v) is 6.38. The van der Waals surface area contributed by atoms with Crippen LogP contribution in [-0.4, -0.2) is 30.3 Å². The Hall–Kier alpha value is -1.15. The van der Waals surface area contributed by atoms with Gasteiger partial charge in [0.05, 0.1) is 6.54 Å². The highest BCUT2D eigenvalue weighted by molar-refractivity contribution is 5.97. The molecule has 0 aromatic heterocycles. The van der Waals surface area contributed by atoms with E-state index in [1.54, 1.807) is 0 Å². The van der Waals surface area contributed by atoms with E-state index in [1.165, 1.54) is 31.2 Å². The first kappa shape index (κ1) is 16.2. The standard InChI is InChI=1S/C19H29NO/c1-3-5-16-7-9-18(10-8-16)19(21)15-20-13-11-17(6-4-2)12-14-20/h7-10,17H,3-6,11-15H2,1-2H3. The third-order valence-corrected chi connectivity index (χ3v) is 4.59. The first-order chi connectivity index (χ1) is 10.2. The summed E-state index contributed by atoms with van der Waals surface area (Å²) in [5, 5.41) is 0. The van der Waals surface area contributed by atoms with Crippen LogP contribution in [0.25, 0.3) is 0 Å². The summed E-state index contributed by atoms with van der Waals surface area (Å²) < 4.78 is 0. The van der Waals surface area contributed by atoms with Crippen LogP contribution in [0, 0.1) is 5.92 Å². The lowest BCUT2D eigenvalue weighted by Crippen LogP contribution is -2.37. The van der Waals surface area contributed by atoms with Crippen molar-refractivity contribution in [3.05, 3.63) is 35.4 Å². The lowest BCUT2D eigenvalue weighted by atomic mass is 9.92. The Morgan fingerprint density at radius 1 is 1.10 bits per heavy atom. The fraction of sp³-hybridized carbons (Fsp3) is 0.632. The number of aryl methyl sites for hydroxylation is 1. The lowest BCUT2D eigenvalue weighted by Gasteiger charge is -2.31. The van der Waals surface area contributed by atoms with Crippen molar-refractivity contribution in [2.45, 2.75) is 52.4 Å². The fourth-order valence-corrected chi connectivity index (χ4v) is 3.28. The number of piperidine rings is 1. The second-order valence-electron chi connectivity index (χ2n) is 6.38. The van der Waals surface area contributed by atoms with E-state index in [9.17, 15) is 4.79 Å². The number of carbonyl (C=O) groups excluding carboxylic acids is 1. The van der Waals surface area contributed by atoms with Crippen molar-refractivity contribution in [1.29, 1.82) is 0 Å². The van der Waals surface area contributed by atoms with E-state index in [0.29, 0.717) is 6.54 Å². The van der Waals surface area contributed by atoms with Gasteiger partial charge in [-0.25, -0.2) is 0 Å². The van der Waals surface area contributed by atoms with Crippen LogP contribution in [0.1, 0.15) is 61.9 Å². The van der Waals surface area contributed by atoms with Gasteiger partial charge in [0.1, 0.15) is 0 Å². The lowest BCUT2D eigenvalue weighted by molar-refractivity contribution is 0.0893. The summed E-state index contributed by atoms with van der Waals surface area (Å²) in [6.07, 6.45) is 7.40. The van der Waals surface area contributed by atoms with Crippen molar-refractivity contribution in [3.8, 4) is 0 Å². The second kappa shape index (κ2) is 8.33. The van der Waals surface area contributed by atoms with E-state index in [2.05, 4.69) is 30.9 Å². The molecule has 1 aromatic rings. The maximum atomic E-state index is 12.3. The number of ketones is 1. The molecule has 1 heterocycles. The number of Topliss-reactive ketones (excluding diaryl/α,β-unsaturated/α-hetero) is 1. The first-order valence-corrected chi connectivity index (χ1v) is 8.57. The summed E-state index contributed by atoms with van der Waals surface area (Å²) in [5.74, 6) is 1.15. The molecule has 2 heteroatoms. The van der Waals surface area contributed by atoms with E-state index in [-0.39, 0.29) is 5.78 Å². The number of carbonyl (C=O) groups is 1. The van der Waals surface area contributed by atoms with Crippen LogP contribution in [0.4, 0.5) is 0 Å². The van der Waals surface area contributed by atoms with Gasteiger partial charge in [-0.2, -0.15) is 0 Å². The number of likely N-dealkylation sites (tertiary alicyclic amines) is 1. The molecule has 0 radical (unpaired) electrons. The number of benzene rings is 1. The third-order valence-electron chi connectivity index (χ3n) is 4.59. The summed E-state index contributed by atoms with van der Waals surface area (Å²) in [4.78, 5) is 14.7. The maximum Gasteiger partial charge on any atom is 0.176 e. The van der Waals surface area contributed by atoms with Crippen molar-refractivity contribution in [2.24, 2.45) is 5.92 Å². The van der Waals surface area contributed by atoms with Crippen LogP contribution in [-0.2, 0) is 6.42 Å². The predicted molar refractivity (Wildman–Crippen MR) is 88.8 cm³/mol. The molecular weight excluding hydrogens is 258 g/mol. The molecular formula is C19H29NO. The van der Waals surface area contributed by atoms with Crippen molar-refractivity contribution in [2.75, 3.05) is 19.6 Å². The Kier molecular flexibility index (Phi) is 6.44. The van der Waals surface area contributed by atoms with Crippen LogP contribution in [0.15, 0.2) is 24.3 Å². The van der Waals surface area contributed by atoms with E-state index >= 15 is 0 Å². The van der Waals surface area contributed by atoms with E-state index in [4.69, 9.17) is 0 Å². The Morgan fingerprint density at radius 2 is 1.76 bits per heavy atom. The molecule has 0 spiro atoms. The van der Waals surface area contributed by atoms with Gasteiger partial charge < -0.3 is 0 Å². The molecule has 0 N–H and O–H groups in total. The van der Waals surface area contributed by atoms with E-state index < -0.39 is 0 Å². The molecule has 2 nitrogen and oxygen atoms in total.